The van der Waals surface area contributed by atoms with Crippen LogP contribution in [0.2, 0.25) is 17.3 Å². The van der Waals surface area contributed by atoms with Gasteiger partial charge in [0, 0.05) is 43.4 Å². The Kier molecular flexibility index (Phi) is 10.1. The van der Waals surface area contributed by atoms with Gasteiger partial charge in [0.2, 0.25) is 5.71 Å². The number of hydrogen-bond donors (Lipinski definition) is 0. The summed E-state index contributed by atoms with van der Waals surface area (Å²) in [5.41, 5.74) is 8.58. The van der Waals surface area contributed by atoms with E-state index >= 15 is 0 Å². The Balaban J connectivity index is 0.000000181. The fourth-order valence-corrected chi connectivity index (χ4v) is 8.80. The van der Waals surface area contributed by atoms with Gasteiger partial charge in [0.25, 0.3) is 0 Å². The molecule has 0 amide bonds. The minimum Gasteiger partial charge on any atom is -0.486 e. The van der Waals surface area contributed by atoms with Crippen molar-refractivity contribution in [1.29, 1.82) is 0 Å². The molecule has 0 saturated heterocycles. The second-order valence-corrected chi connectivity index (χ2v) is 22.7. The minimum absolute atomic E-state index is 0. The van der Waals surface area contributed by atoms with Crippen LogP contribution in [0.3, 0.4) is 0 Å². The molecule has 0 aliphatic carbocycles. The molecule has 7 heteroatoms. The Morgan fingerprint density at radius 2 is 1.51 bits per heavy atom. The van der Waals surface area contributed by atoms with Crippen molar-refractivity contribution in [3.63, 3.8) is 0 Å². The predicted molar refractivity (Wildman–Crippen MR) is 182 cm³/mol. The van der Waals surface area contributed by atoms with E-state index in [-0.39, 0.29) is 20.1 Å². The van der Waals surface area contributed by atoms with Crippen LogP contribution < -0.4 is 4.40 Å². The summed E-state index contributed by atoms with van der Waals surface area (Å²) in [6.07, 6.45) is 10.5. The molecular weight excluding hydrogens is 793 g/mol. The second-order valence-electron chi connectivity index (χ2n) is 12.1. The van der Waals surface area contributed by atoms with Crippen molar-refractivity contribution in [2.24, 2.45) is 0 Å². The van der Waals surface area contributed by atoms with Gasteiger partial charge in [-0.05, 0) is 41.2 Å². The van der Waals surface area contributed by atoms with Crippen LogP contribution in [0.5, 0.6) is 0 Å². The van der Waals surface area contributed by atoms with E-state index in [1.807, 2.05) is 60.8 Å². The van der Waals surface area contributed by atoms with E-state index in [4.69, 9.17) is 4.42 Å². The molecule has 0 aliphatic heterocycles. The summed E-state index contributed by atoms with van der Waals surface area (Å²) in [7, 11) is 0. The first-order valence-corrected chi connectivity index (χ1v) is 22.2. The van der Waals surface area contributed by atoms with E-state index in [0.717, 1.165) is 44.4 Å². The summed E-state index contributed by atoms with van der Waals surface area (Å²) in [6.45, 7) is 4.54. The van der Waals surface area contributed by atoms with E-state index in [9.17, 15) is 0 Å². The van der Waals surface area contributed by atoms with Gasteiger partial charge in [0.1, 0.15) is 0 Å². The molecule has 2 aromatic carbocycles. The monoisotopic (exact) mass is 829 g/mol. The fraction of sp³-hybridized carbons (Fsp3) is 0.158. The van der Waals surface area contributed by atoms with Crippen LogP contribution in [-0.4, -0.2) is 33.2 Å². The van der Waals surface area contributed by atoms with Gasteiger partial charge in [-0.1, -0.05) is 48.0 Å². The number of hydrogen-bond acceptors (Lipinski definition) is 5. The second kappa shape index (κ2) is 14.0. The van der Waals surface area contributed by atoms with Gasteiger partial charge < -0.3 is 14.4 Å². The Morgan fingerprint density at radius 1 is 0.733 bits per heavy atom. The molecule has 0 bridgehead atoms. The maximum Gasteiger partial charge on any atom is 0.216 e. The summed E-state index contributed by atoms with van der Waals surface area (Å²) < 4.78 is 7.53. The van der Waals surface area contributed by atoms with Crippen LogP contribution in [0.25, 0.3) is 55.7 Å². The van der Waals surface area contributed by atoms with Crippen LogP contribution in [0.1, 0.15) is 25.3 Å². The molecule has 5 heterocycles. The molecule has 0 N–H and O–H groups in total. The van der Waals surface area contributed by atoms with Gasteiger partial charge in [0.15, 0.2) is 0 Å². The third kappa shape index (κ3) is 7.14. The van der Waals surface area contributed by atoms with Gasteiger partial charge in [0.05, 0.1) is 5.58 Å². The van der Waals surface area contributed by atoms with Crippen molar-refractivity contribution in [1.82, 2.24) is 19.9 Å². The SMILES string of the molecule is CC(C)c1cc(-c2[c-]cccc2)nc[c]1[Ge]([CH3])([CH3])[CH3].[Ir].[c-]1ncc2c(oc3ncc(-c4ccccc4)cc32)c1-c1ccccn1. The zero-order chi connectivity index (χ0) is 30.7. The van der Waals surface area contributed by atoms with E-state index in [2.05, 4.69) is 99.8 Å². The maximum absolute atomic E-state index is 6.01. The van der Waals surface area contributed by atoms with Gasteiger partial charge in [-0.15, -0.1) is 0 Å². The van der Waals surface area contributed by atoms with Crippen molar-refractivity contribution in [3.05, 3.63) is 128 Å². The smallest absolute Gasteiger partial charge is 0.216 e. The van der Waals surface area contributed by atoms with Crippen LogP contribution in [0.15, 0.2) is 114 Å². The molecule has 0 fully saturated rings. The molecule has 0 aliphatic rings. The van der Waals surface area contributed by atoms with E-state index in [1.54, 1.807) is 12.4 Å². The summed E-state index contributed by atoms with van der Waals surface area (Å²) in [4.78, 5) is 17.8. The summed E-state index contributed by atoms with van der Waals surface area (Å²) in [5.74, 6) is 7.83. The first-order valence-electron chi connectivity index (χ1n) is 14.8. The van der Waals surface area contributed by atoms with Gasteiger partial charge in [-0.2, -0.15) is 0 Å². The molecule has 0 unspecified atom stereocenters. The van der Waals surface area contributed by atoms with Crippen molar-refractivity contribution < 1.29 is 24.5 Å². The average molecular weight is 828 g/mol. The van der Waals surface area contributed by atoms with Crippen LogP contribution in [-0.2, 0) is 20.1 Å². The number of pyridine rings is 4. The Morgan fingerprint density at radius 3 is 2.20 bits per heavy atom. The van der Waals surface area contributed by atoms with E-state index in [0.29, 0.717) is 17.2 Å². The Labute approximate surface area is 280 Å². The molecule has 7 aromatic rings. The topological polar surface area (TPSA) is 64.7 Å². The number of furan rings is 1. The average Bonchev–Trinajstić information content (AvgIpc) is 3.44. The third-order valence-electron chi connectivity index (χ3n) is 7.56. The molecular formula is C38H34GeIrN4O-2. The van der Waals surface area contributed by atoms with Crippen LogP contribution in [0.4, 0.5) is 0 Å². The standard InChI is InChI=1S/C21H12N3O.C17H22GeN.Ir/c1-2-6-14(7-3-1)15-10-16-17-12-22-13-18(19-8-4-5-9-23-19)20(17)25-21(16)24-11-15;1-13(2)15-11-17(14-9-7-6-8-10-14)19-12-16(15)18(3,4)5;/h1-12H;6-9,11-13H,1-5H3;/q2*-1;. The zero-order valence-electron chi connectivity index (χ0n) is 26.0. The molecule has 0 spiro atoms. The number of rotatable bonds is 5. The number of benzene rings is 2. The first-order chi connectivity index (χ1) is 21.3. The number of aromatic nitrogens is 4. The molecule has 0 atom stereocenters. The van der Waals surface area contributed by atoms with E-state index in [1.165, 1.54) is 9.96 Å². The predicted octanol–water partition coefficient (Wildman–Crippen LogP) is 9.12. The first kappa shape index (κ1) is 32.4. The van der Waals surface area contributed by atoms with Crippen molar-refractivity contribution in [2.45, 2.75) is 37.0 Å². The molecule has 7 rings (SSSR count). The molecule has 0 saturated carbocycles. The van der Waals surface area contributed by atoms with Crippen molar-refractivity contribution in [3.8, 4) is 33.6 Å². The van der Waals surface area contributed by atoms with Gasteiger partial charge in [-0.25, -0.2) is 4.98 Å². The Bertz CT molecular complexity index is 2020. The minimum atomic E-state index is -1.85. The zero-order valence-corrected chi connectivity index (χ0v) is 30.5. The van der Waals surface area contributed by atoms with Crippen molar-refractivity contribution >= 4 is 39.7 Å². The fourth-order valence-electron chi connectivity index (χ4n) is 5.27. The summed E-state index contributed by atoms with van der Waals surface area (Å²) in [5, 5.41) is 1.86. The molecule has 1 radical (unpaired) electrons. The third-order valence-corrected chi connectivity index (χ3v) is 11.8. The summed E-state index contributed by atoms with van der Waals surface area (Å²) >= 11 is -1.85. The quantitative estimate of drug-likeness (QED) is 0.128. The normalized spacial score (nSPS) is 11.2. The van der Waals surface area contributed by atoms with Crippen molar-refractivity contribution in [2.75, 3.05) is 0 Å². The molecule has 227 valence electrons. The number of nitrogens with zero attached hydrogens (tertiary/aromatic N) is 4. The van der Waals surface area contributed by atoms with Gasteiger partial charge in [-0.3, -0.25) is 0 Å². The Hall–Kier alpha value is -3.97. The molecule has 45 heavy (non-hydrogen) atoms. The molecule has 5 aromatic heterocycles. The van der Waals surface area contributed by atoms with Gasteiger partial charge >= 0.3 is 119 Å². The van der Waals surface area contributed by atoms with E-state index < -0.39 is 13.3 Å². The number of fused-ring (bicyclic) bond motifs is 3. The largest absolute Gasteiger partial charge is 0.486 e. The maximum atomic E-state index is 6.01. The molecule has 5 nitrogen and oxygen atoms in total. The summed E-state index contributed by atoms with van der Waals surface area (Å²) in [6, 6.07) is 31.6. The van der Waals surface area contributed by atoms with Crippen LogP contribution in [0, 0.1) is 12.3 Å². The van der Waals surface area contributed by atoms with Crippen LogP contribution >= 0.6 is 0 Å².